The summed E-state index contributed by atoms with van der Waals surface area (Å²) in [6, 6.07) is -0.101. The maximum atomic E-state index is 12.8. The van der Waals surface area contributed by atoms with Crippen LogP contribution in [0.5, 0.6) is 0 Å². The Hall–Kier alpha value is -1.07. The molecule has 1 aliphatic heterocycles. The van der Waals surface area contributed by atoms with Crippen molar-refractivity contribution in [3.8, 4) is 0 Å². The highest BCUT2D eigenvalue weighted by molar-refractivity contribution is 7.90. The first kappa shape index (κ1) is 19.0. The van der Waals surface area contributed by atoms with E-state index in [0.29, 0.717) is 6.54 Å². The molecule has 4 nitrogen and oxygen atoms in total. The normalized spacial score (nSPS) is 24.5. The highest BCUT2D eigenvalue weighted by Gasteiger charge is 2.41. The third kappa shape index (κ3) is 3.30. The van der Waals surface area contributed by atoms with Crippen molar-refractivity contribution in [2.24, 2.45) is 5.92 Å². The Labute approximate surface area is 136 Å². The first-order valence-electron chi connectivity index (χ1n) is 7.67. The molecule has 0 aliphatic carbocycles. The van der Waals surface area contributed by atoms with Gasteiger partial charge in [0.25, 0.3) is 0 Å². The predicted octanol–water partition coefficient (Wildman–Crippen LogP) is 3.01. The number of rotatable bonds is 4. The van der Waals surface area contributed by atoms with E-state index in [2.05, 4.69) is 24.5 Å². The van der Waals surface area contributed by atoms with E-state index < -0.39 is 14.8 Å². The van der Waals surface area contributed by atoms with Crippen LogP contribution in [-0.2, 0) is 10.0 Å². The lowest BCUT2D eigenvalue weighted by molar-refractivity contribution is 0.216. The fourth-order valence-corrected chi connectivity index (χ4v) is 4.38. The third-order valence-electron chi connectivity index (χ3n) is 4.40. The summed E-state index contributed by atoms with van der Waals surface area (Å²) in [7, 11) is 0.325. The van der Waals surface area contributed by atoms with Gasteiger partial charge >= 0.3 is 0 Å². The second-order valence-corrected chi connectivity index (χ2v) is 9.67. The Bertz CT molecular complexity index is 582. The Morgan fingerprint density at radius 3 is 2.32 bits per heavy atom. The van der Waals surface area contributed by atoms with Gasteiger partial charge in [0, 0.05) is 38.3 Å². The van der Waals surface area contributed by atoms with Gasteiger partial charge in [-0.1, -0.05) is 25.7 Å². The van der Waals surface area contributed by atoms with Gasteiger partial charge in [-0.25, -0.2) is 8.42 Å². The molecule has 0 spiro atoms. The number of allylic oxidation sites excluding steroid dienone is 3. The van der Waals surface area contributed by atoms with Crippen LogP contribution >= 0.6 is 0 Å². The molecule has 5 heteroatoms. The zero-order chi connectivity index (χ0) is 17.3. The summed E-state index contributed by atoms with van der Waals surface area (Å²) in [6.45, 7) is 13.9. The van der Waals surface area contributed by atoms with Gasteiger partial charge in [-0.15, -0.1) is 0 Å². The molecule has 0 N–H and O–H groups in total. The van der Waals surface area contributed by atoms with Crippen LogP contribution in [0.3, 0.4) is 0 Å². The van der Waals surface area contributed by atoms with Crippen LogP contribution in [0.25, 0.3) is 0 Å². The Morgan fingerprint density at radius 2 is 1.91 bits per heavy atom. The standard InChI is InChI=1S/C17H30N2O2S/c1-9-11-15-14(10-2)13(3)16(12-18(15)7)19(8)22(20,21)17(4,5)6/h9-11,13,16H,2,12H2,1,3-8H3/b11-9-/t13-,16?/m0/s1. The summed E-state index contributed by atoms with van der Waals surface area (Å²) in [6.07, 6.45) is 5.90. The van der Waals surface area contributed by atoms with Crippen LogP contribution in [0.1, 0.15) is 34.6 Å². The van der Waals surface area contributed by atoms with Crippen LogP contribution in [-0.4, -0.2) is 49.1 Å². The van der Waals surface area contributed by atoms with E-state index in [1.807, 2.05) is 26.1 Å². The molecule has 0 aromatic heterocycles. The Kier molecular flexibility index (Phi) is 5.68. The lowest BCUT2D eigenvalue weighted by Gasteiger charge is -2.43. The average molecular weight is 327 g/mol. The van der Waals surface area contributed by atoms with Crippen molar-refractivity contribution in [2.75, 3.05) is 20.6 Å². The number of sulfonamides is 1. The molecule has 0 radical (unpaired) electrons. The molecule has 22 heavy (non-hydrogen) atoms. The van der Waals surface area contributed by atoms with E-state index in [4.69, 9.17) is 0 Å². The minimum Gasteiger partial charge on any atom is -0.373 e. The average Bonchev–Trinajstić information content (AvgIpc) is 2.41. The quantitative estimate of drug-likeness (QED) is 0.797. The minimum absolute atomic E-state index is 0.0991. The second kappa shape index (κ2) is 6.59. The summed E-state index contributed by atoms with van der Waals surface area (Å²) in [5, 5.41) is 0. The Balaban J connectivity index is 3.29. The van der Waals surface area contributed by atoms with Gasteiger partial charge in [0.05, 0.1) is 4.75 Å². The van der Waals surface area contributed by atoms with Crippen molar-refractivity contribution >= 4 is 10.0 Å². The van der Waals surface area contributed by atoms with E-state index >= 15 is 0 Å². The summed E-state index contributed by atoms with van der Waals surface area (Å²) < 4.78 is 26.3. The van der Waals surface area contributed by atoms with Crippen LogP contribution < -0.4 is 0 Å². The smallest absolute Gasteiger partial charge is 0.219 e. The van der Waals surface area contributed by atoms with Crippen molar-refractivity contribution < 1.29 is 8.42 Å². The molecule has 1 heterocycles. The first-order chi connectivity index (χ1) is 9.98. The molecule has 126 valence electrons. The number of likely N-dealkylation sites (N-methyl/N-ethyl adjacent to an activating group) is 2. The largest absolute Gasteiger partial charge is 0.373 e. The molecule has 0 aromatic carbocycles. The first-order valence-corrected chi connectivity index (χ1v) is 9.11. The van der Waals surface area contributed by atoms with Crippen molar-refractivity contribution in [3.05, 3.63) is 36.1 Å². The predicted molar refractivity (Wildman–Crippen MR) is 94.1 cm³/mol. The summed E-state index contributed by atoms with van der Waals surface area (Å²) in [5.41, 5.74) is 2.20. The highest BCUT2D eigenvalue weighted by atomic mass is 32.2. The van der Waals surface area contributed by atoms with E-state index in [0.717, 1.165) is 11.3 Å². The third-order valence-corrected chi connectivity index (χ3v) is 6.98. The summed E-state index contributed by atoms with van der Waals surface area (Å²) in [5.74, 6) is 0.0991. The van der Waals surface area contributed by atoms with Gasteiger partial charge in [-0.3, -0.25) is 0 Å². The minimum atomic E-state index is -3.36. The van der Waals surface area contributed by atoms with Crippen LogP contribution in [0.4, 0.5) is 0 Å². The van der Waals surface area contributed by atoms with Gasteiger partial charge in [0.1, 0.15) is 0 Å². The van der Waals surface area contributed by atoms with Gasteiger partial charge in [-0.2, -0.15) is 4.31 Å². The van der Waals surface area contributed by atoms with E-state index in [-0.39, 0.29) is 12.0 Å². The molecular formula is C17H30N2O2S. The van der Waals surface area contributed by atoms with Gasteiger partial charge in [0.15, 0.2) is 0 Å². The molecule has 1 aliphatic rings. The summed E-state index contributed by atoms with van der Waals surface area (Å²) in [4.78, 5) is 2.11. The highest BCUT2D eigenvalue weighted by Crippen LogP contribution is 2.33. The molecule has 0 amide bonds. The van der Waals surface area contributed by atoms with Gasteiger partial charge in [0.2, 0.25) is 10.0 Å². The van der Waals surface area contributed by atoms with Crippen LogP contribution in [0.15, 0.2) is 36.1 Å². The van der Waals surface area contributed by atoms with Gasteiger partial charge in [-0.05, 0) is 39.3 Å². The van der Waals surface area contributed by atoms with Crippen molar-refractivity contribution in [1.82, 2.24) is 9.21 Å². The van der Waals surface area contributed by atoms with Crippen LogP contribution in [0, 0.1) is 5.92 Å². The number of hydrogen-bond donors (Lipinski definition) is 0. The van der Waals surface area contributed by atoms with Crippen molar-refractivity contribution in [1.29, 1.82) is 0 Å². The van der Waals surface area contributed by atoms with Gasteiger partial charge < -0.3 is 4.90 Å². The molecule has 0 fully saturated rings. The van der Waals surface area contributed by atoms with Crippen LogP contribution in [0.2, 0.25) is 0 Å². The maximum Gasteiger partial charge on any atom is 0.219 e. The molecule has 0 saturated heterocycles. The molecule has 0 bridgehead atoms. The Morgan fingerprint density at radius 1 is 1.36 bits per heavy atom. The monoisotopic (exact) mass is 326 g/mol. The van der Waals surface area contributed by atoms with Crippen molar-refractivity contribution in [3.63, 3.8) is 0 Å². The fourth-order valence-electron chi connectivity index (χ4n) is 2.91. The maximum absolute atomic E-state index is 12.8. The van der Waals surface area contributed by atoms with E-state index in [1.165, 1.54) is 0 Å². The zero-order valence-corrected chi connectivity index (χ0v) is 15.7. The number of nitrogens with zero attached hydrogens (tertiary/aromatic N) is 2. The zero-order valence-electron chi connectivity index (χ0n) is 14.9. The lowest BCUT2D eigenvalue weighted by atomic mass is 9.87. The van der Waals surface area contributed by atoms with E-state index in [9.17, 15) is 8.42 Å². The molecule has 0 saturated carbocycles. The fraction of sp³-hybridized carbons (Fsp3) is 0.647. The molecule has 1 unspecified atom stereocenters. The molecule has 1 rings (SSSR count). The second-order valence-electron chi connectivity index (χ2n) is 6.91. The molecule has 0 aromatic rings. The summed E-state index contributed by atoms with van der Waals surface area (Å²) >= 11 is 0. The number of hydrogen-bond acceptors (Lipinski definition) is 3. The topological polar surface area (TPSA) is 40.6 Å². The van der Waals surface area contributed by atoms with E-state index in [1.54, 1.807) is 32.1 Å². The molecule has 2 atom stereocenters. The SMILES string of the molecule is C=CC1=C(/C=C\C)N(C)CC(N(C)S(=O)(=O)C(C)(C)C)[C@H]1C. The lowest BCUT2D eigenvalue weighted by Crippen LogP contribution is -2.54. The molecular weight excluding hydrogens is 296 g/mol. The van der Waals surface area contributed by atoms with Crippen molar-refractivity contribution in [2.45, 2.75) is 45.4 Å².